The van der Waals surface area contributed by atoms with Crippen LogP contribution in [-0.2, 0) is 4.79 Å². The van der Waals surface area contributed by atoms with Crippen LogP contribution >= 0.6 is 11.3 Å². The molecule has 106 valence electrons. The van der Waals surface area contributed by atoms with Crippen molar-refractivity contribution in [2.75, 3.05) is 0 Å². The molecule has 0 saturated carbocycles. The van der Waals surface area contributed by atoms with Gasteiger partial charge < -0.3 is 16.6 Å². The van der Waals surface area contributed by atoms with E-state index in [2.05, 4.69) is 5.32 Å². The number of aliphatic carboxylic acids is 1. The summed E-state index contributed by atoms with van der Waals surface area (Å²) in [6.45, 7) is 0. The highest BCUT2D eigenvalue weighted by atomic mass is 32.1. The van der Waals surface area contributed by atoms with Gasteiger partial charge in [0.25, 0.3) is 0 Å². The van der Waals surface area contributed by atoms with Crippen molar-refractivity contribution in [3.05, 3.63) is 22.4 Å². The van der Waals surface area contributed by atoms with Crippen LogP contribution in [0, 0.1) is 0 Å². The van der Waals surface area contributed by atoms with E-state index in [0.717, 1.165) is 30.6 Å². The van der Waals surface area contributed by atoms with E-state index in [9.17, 15) is 9.90 Å². The number of rotatable bonds is 4. The third-order valence-electron chi connectivity index (χ3n) is 3.69. The molecule has 4 atom stereocenters. The maximum Gasteiger partial charge on any atom is 0.321 e. The normalized spacial score (nSPS) is 27.5. The van der Waals surface area contributed by atoms with Crippen LogP contribution in [-0.4, -0.2) is 29.3 Å². The zero-order valence-electron chi connectivity index (χ0n) is 10.8. The second-order valence-corrected chi connectivity index (χ2v) is 6.05. The van der Waals surface area contributed by atoms with E-state index in [-0.39, 0.29) is 18.1 Å². The summed E-state index contributed by atoms with van der Waals surface area (Å²) in [7, 11) is 0. The number of thiophene rings is 1. The summed E-state index contributed by atoms with van der Waals surface area (Å²) in [6, 6.07) is 3.01. The lowest BCUT2D eigenvalue weighted by molar-refractivity contribution is -0.139. The number of hydrogen-bond acceptors (Lipinski definition) is 5. The average molecular weight is 283 g/mol. The molecule has 0 bridgehead atoms. The third-order valence-corrected chi connectivity index (χ3v) is 4.66. The van der Waals surface area contributed by atoms with Gasteiger partial charge >= 0.3 is 5.97 Å². The Bertz CT molecular complexity index is 410. The molecule has 19 heavy (non-hydrogen) atoms. The Morgan fingerprint density at radius 3 is 2.84 bits per heavy atom. The van der Waals surface area contributed by atoms with E-state index in [1.807, 2.05) is 17.5 Å². The molecule has 1 saturated heterocycles. The largest absolute Gasteiger partial charge is 0.480 e. The Labute approximate surface area is 117 Å². The predicted molar refractivity (Wildman–Crippen MR) is 76.0 cm³/mol. The van der Waals surface area contributed by atoms with Crippen LogP contribution in [0.15, 0.2) is 17.5 Å². The van der Waals surface area contributed by atoms with Crippen LogP contribution in [0.2, 0.25) is 0 Å². The van der Waals surface area contributed by atoms with Gasteiger partial charge in [0.15, 0.2) is 0 Å². The Morgan fingerprint density at radius 2 is 2.21 bits per heavy atom. The predicted octanol–water partition coefficient (Wildman–Crippen LogP) is 1.06. The fourth-order valence-corrected chi connectivity index (χ4v) is 3.65. The summed E-state index contributed by atoms with van der Waals surface area (Å²) in [5, 5.41) is 14.5. The Morgan fingerprint density at radius 1 is 1.47 bits per heavy atom. The van der Waals surface area contributed by atoms with Gasteiger partial charge in [-0.25, -0.2) is 0 Å². The molecule has 1 aliphatic heterocycles. The second kappa shape index (κ2) is 6.47. The van der Waals surface area contributed by atoms with E-state index in [1.165, 1.54) is 0 Å². The number of carboxylic acids is 1. The Balaban J connectivity index is 2.23. The molecule has 0 radical (unpaired) electrons. The van der Waals surface area contributed by atoms with Gasteiger partial charge in [-0.3, -0.25) is 10.1 Å². The average Bonchev–Trinajstić information content (AvgIpc) is 2.79. The van der Waals surface area contributed by atoms with Gasteiger partial charge in [0.2, 0.25) is 0 Å². The summed E-state index contributed by atoms with van der Waals surface area (Å²) >= 11 is 1.55. The quantitative estimate of drug-likeness (QED) is 0.662. The van der Waals surface area contributed by atoms with E-state index >= 15 is 0 Å². The minimum atomic E-state index is -0.960. The Kier molecular flexibility index (Phi) is 4.93. The Hall–Kier alpha value is -0.950. The SMILES string of the molecule is NC1CCCCC(C(c2cccs2)C(N)C(=O)O)N1. The second-order valence-electron chi connectivity index (χ2n) is 5.07. The van der Waals surface area contributed by atoms with Crippen molar-refractivity contribution >= 4 is 17.3 Å². The molecule has 2 heterocycles. The fraction of sp³-hybridized carbons (Fsp3) is 0.615. The zero-order chi connectivity index (χ0) is 13.8. The highest BCUT2D eigenvalue weighted by Gasteiger charge is 2.35. The van der Waals surface area contributed by atoms with Crippen molar-refractivity contribution < 1.29 is 9.90 Å². The van der Waals surface area contributed by atoms with Crippen LogP contribution in [0.4, 0.5) is 0 Å². The van der Waals surface area contributed by atoms with E-state index in [4.69, 9.17) is 11.5 Å². The lowest BCUT2D eigenvalue weighted by Gasteiger charge is -2.30. The zero-order valence-corrected chi connectivity index (χ0v) is 11.6. The van der Waals surface area contributed by atoms with Gasteiger partial charge in [-0.2, -0.15) is 0 Å². The highest BCUT2D eigenvalue weighted by molar-refractivity contribution is 7.10. The molecule has 4 unspecified atom stereocenters. The van der Waals surface area contributed by atoms with Crippen LogP contribution in [0.25, 0.3) is 0 Å². The number of nitrogens with one attached hydrogen (secondary N) is 1. The van der Waals surface area contributed by atoms with Gasteiger partial charge in [0.05, 0.1) is 6.17 Å². The molecule has 1 aliphatic rings. The number of carboxylic acid groups (broad SMARTS) is 1. The summed E-state index contributed by atoms with van der Waals surface area (Å²) in [5.74, 6) is -1.18. The number of hydrogen-bond donors (Lipinski definition) is 4. The molecule has 1 aromatic rings. The first-order valence-electron chi connectivity index (χ1n) is 6.63. The van der Waals surface area contributed by atoms with Gasteiger partial charge in [0.1, 0.15) is 6.04 Å². The molecule has 5 nitrogen and oxygen atoms in total. The molecule has 6 N–H and O–H groups in total. The molecule has 1 fully saturated rings. The molecular weight excluding hydrogens is 262 g/mol. The summed E-state index contributed by atoms with van der Waals surface area (Å²) < 4.78 is 0. The third kappa shape index (κ3) is 3.54. The topological polar surface area (TPSA) is 101 Å². The lowest BCUT2D eigenvalue weighted by Crippen LogP contribution is -2.51. The summed E-state index contributed by atoms with van der Waals surface area (Å²) in [6.07, 6.45) is 3.90. The molecular formula is C13H21N3O2S. The van der Waals surface area contributed by atoms with Crippen LogP contribution in [0.5, 0.6) is 0 Å². The van der Waals surface area contributed by atoms with Gasteiger partial charge in [-0.1, -0.05) is 18.9 Å². The van der Waals surface area contributed by atoms with Crippen molar-refractivity contribution in [1.82, 2.24) is 5.32 Å². The maximum atomic E-state index is 11.3. The first-order chi connectivity index (χ1) is 9.09. The van der Waals surface area contributed by atoms with E-state index < -0.39 is 12.0 Å². The monoisotopic (exact) mass is 283 g/mol. The standard InChI is InChI=1S/C13H21N3O2S/c14-10-6-2-1-4-8(16-10)11(12(15)13(17)18)9-5-3-7-19-9/h3,5,7-8,10-12,16H,1-2,4,6,14-15H2,(H,17,18). The maximum absolute atomic E-state index is 11.3. The van der Waals surface area contributed by atoms with Crippen molar-refractivity contribution in [3.8, 4) is 0 Å². The van der Waals surface area contributed by atoms with Crippen LogP contribution in [0.1, 0.15) is 36.5 Å². The lowest BCUT2D eigenvalue weighted by atomic mass is 9.88. The molecule has 1 aromatic heterocycles. The molecule has 0 aliphatic carbocycles. The first kappa shape index (κ1) is 14.5. The van der Waals surface area contributed by atoms with Crippen LogP contribution in [0.3, 0.4) is 0 Å². The number of carbonyl (C=O) groups is 1. The minimum absolute atomic E-state index is 0.0299. The molecule has 0 spiro atoms. The van der Waals surface area contributed by atoms with Gasteiger partial charge in [-0.05, 0) is 24.3 Å². The van der Waals surface area contributed by atoms with Crippen molar-refractivity contribution in [3.63, 3.8) is 0 Å². The first-order valence-corrected chi connectivity index (χ1v) is 7.51. The smallest absolute Gasteiger partial charge is 0.321 e. The fourth-order valence-electron chi connectivity index (χ4n) is 2.71. The van der Waals surface area contributed by atoms with Crippen molar-refractivity contribution in [1.29, 1.82) is 0 Å². The minimum Gasteiger partial charge on any atom is -0.480 e. The molecule has 0 aromatic carbocycles. The molecule has 0 amide bonds. The molecule has 6 heteroatoms. The van der Waals surface area contributed by atoms with E-state index in [1.54, 1.807) is 11.3 Å². The van der Waals surface area contributed by atoms with Crippen molar-refractivity contribution in [2.45, 2.75) is 49.9 Å². The van der Waals surface area contributed by atoms with Gasteiger partial charge in [-0.15, -0.1) is 11.3 Å². The summed E-state index contributed by atoms with van der Waals surface area (Å²) in [4.78, 5) is 12.3. The van der Waals surface area contributed by atoms with Gasteiger partial charge in [0, 0.05) is 16.8 Å². The molecule has 2 rings (SSSR count). The number of nitrogens with two attached hydrogens (primary N) is 2. The van der Waals surface area contributed by atoms with Crippen LogP contribution < -0.4 is 16.8 Å². The van der Waals surface area contributed by atoms with Crippen molar-refractivity contribution in [2.24, 2.45) is 11.5 Å². The highest BCUT2D eigenvalue weighted by Crippen LogP contribution is 2.31. The van der Waals surface area contributed by atoms with E-state index in [0.29, 0.717) is 0 Å². The summed E-state index contributed by atoms with van der Waals surface area (Å²) in [5.41, 5.74) is 11.9.